The molecule has 0 aromatic heterocycles. The molecule has 0 bridgehead atoms. The highest BCUT2D eigenvalue weighted by atomic mass is 16.5. The van der Waals surface area contributed by atoms with Crippen LogP contribution in [0.3, 0.4) is 0 Å². The Morgan fingerprint density at radius 1 is 1.11 bits per heavy atom. The summed E-state index contributed by atoms with van der Waals surface area (Å²) in [7, 11) is 0. The zero-order chi connectivity index (χ0) is 13.6. The molecule has 1 N–H and O–H groups in total. The summed E-state index contributed by atoms with van der Waals surface area (Å²) in [6.45, 7) is 15.1. The third-order valence-corrected chi connectivity index (χ3v) is 4.79. The van der Waals surface area contributed by atoms with Gasteiger partial charge < -0.3 is 4.74 Å². The summed E-state index contributed by atoms with van der Waals surface area (Å²) in [5, 5.41) is 3.74. The molecule has 1 saturated heterocycles. The lowest BCUT2D eigenvalue weighted by molar-refractivity contribution is -0.227. The minimum atomic E-state index is -0.0494. The summed E-state index contributed by atoms with van der Waals surface area (Å²) < 4.78 is 6.62. The molecule has 2 aliphatic rings. The van der Waals surface area contributed by atoms with Crippen LogP contribution in [0.5, 0.6) is 0 Å². The van der Waals surface area contributed by atoms with Gasteiger partial charge in [-0.25, -0.2) is 0 Å². The van der Waals surface area contributed by atoms with Crippen molar-refractivity contribution in [2.24, 2.45) is 16.7 Å². The fourth-order valence-electron chi connectivity index (χ4n) is 4.03. The second kappa shape index (κ2) is 4.49. The molecule has 106 valence electrons. The Hall–Kier alpha value is -0.0800. The first-order valence-electron chi connectivity index (χ1n) is 7.59. The highest BCUT2D eigenvalue weighted by Gasteiger charge is 2.49. The van der Waals surface area contributed by atoms with Crippen LogP contribution in [0.2, 0.25) is 0 Å². The van der Waals surface area contributed by atoms with Gasteiger partial charge in [0.1, 0.15) is 5.72 Å². The molecule has 0 radical (unpaired) electrons. The molecule has 2 fully saturated rings. The third-order valence-electron chi connectivity index (χ3n) is 4.79. The lowest BCUT2D eigenvalue weighted by Gasteiger charge is -2.55. The fourth-order valence-corrected chi connectivity index (χ4v) is 4.03. The van der Waals surface area contributed by atoms with Gasteiger partial charge in [0, 0.05) is 12.0 Å². The SMILES string of the molecule is CC(C)C1OC2(CCCC(C)(C)C2)NCC1(C)C. The minimum absolute atomic E-state index is 0.0494. The van der Waals surface area contributed by atoms with E-state index in [4.69, 9.17) is 4.74 Å². The molecule has 1 heterocycles. The number of nitrogens with one attached hydrogen (secondary N) is 1. The smallest absolute Gasteiger partial charge is 0.120 e. The molecule has 2 unspecified atom stereocenters. The van der Waals surface area contributed by atoms with Crippen molar-refractivity contribution in [3.63, 3.8) is 0 Å². The molecular formula is C16H31NO. The van der Waals surface area contributed by atoms with Crippen molar-refractivity contribution in [1.82, 2.24) is 5.32 Å². The largest absolute Gasteiger partial charge is 0.357 e. The lowest BCUT2D eigenvalue weighted by atomic mass is 9.70. The number of rotatable bonds is 1. The van der Waals surface area contributed by atoms with Gasteiger partial charge >= 0.3 is 0 Å². The number of hydrogen-bond donors (Lipinski definition) is 1. The Balaban J connectivity index is 2.17. The second-order valence-electron chi connectivity index (χ2n) is 8.31. The topological polar surface area (TPSA) is 21.3 Å². The van der Waals surface area contributed by atoms with Crippen LogP contribution in [0.15, 0.2) is 0 Å². The van der Waals surface area contributed by atoms with Crippen LogP contribution in [-0.2, 0) is 4.74 Å². The first-order chi connectivity index (χ1) is 8.16. The zero-order valence-corrected chi connectivity index (χ0v) is 13.1. The van der Waals surface area contributed by atoms with Crippen molar-refractivity contribution >= 4 is 0 Å². The summed E-state index contributed by atoms with van der Waals surface area (Å²) in [4.78, 5) is 0. The van der Waals surface area contributed by atoms with Gasteiger partial charge in [-0.15, -0.1) is 0 Å². The number of hydrogen-bond acceptors (Lipinski definition) is 2. The summed E-state index contributed by atoms with van der Waals surface area (Å²) in [5.41, 5.74) is 0.599. The van der Waals surface area contributed by atoms with Gasteiger partial charge in [0.15, 0.2) is 0 Å². The molecule has 2 atom stereocenters. The molecule has 1 saturated carbocycles. The van der Waals surface area contributed by atoms with Crippen LogP contribution in [0.1, 0.15) is 67.2 Å². The Morgan fingerprint density at radius 2 is 1.78 bits per heavy atom. The van der Waals surface area contributed by atoms with Crippen LogP contribution >= 0.6 is 0 Å². The predicted octanol–water partition coefficient (Wildman–Crippen LogP) is 3.95. The average molecular weight is 253 g/mol. The van der Waals surface area contributed by atoms with Crippen LogP contribution in [-0.4, -0.2) is 18.4 Å². The second-order valence-corrected chi connectivity index (χ2v) is 8.31. The summed E-state index contributed by atoms with van der Waals surface area (Å²) in [6.07, 6.45) is 5.31. The molecule has 2 nitrogen and oxygen atoms in total. The summed E-state index contributed by atoms with van der Waals surface area (Å²) >= 11 is 0. The fraction of sp³-hybridized carbons (Fsp3) is 1.00. The number of ether oxygens (including phenoxy) is 1. The zero-order valence-electron chi connectivity index (χ0n) is 13.1. The van der Waals surface area contributed by atoms with Gasteiger partial charge in [0.05, 0.1) is 6.10 Å². The maximum Gasteiger partial charge on any atom is 0.120 e. The van der Waals surface area contributed by atoms with E-state index in [1.54, 1.807) is 0 Å². The van der Waals surface area contributed by atoms with E-state index in [9.17, 15) is 0 Å². The van der Waals surface area contributed by atoms with E-state index < -0.39 is 0 Å². The van der Waals surface area contributed by atoms with E-state index in [-0.39, 0.29) is 11.1 Å². The maximum absolute atomic E-state index is 6.62. The Labute approximate surface area is 113 Å². The van der Waals surface area contributed by atoms with Gasteiger partial charge in [0.2, 0.25) is 0 Å². The molecule has 18 heavy (non-hydrogen) atoms. The Morgan fingerprint density at radius 3 is 2.33 bits per heavy atom. The van der Waals surface area contributed by atoms with Crippen LogP contribution in [0, 0.1) is 16.7 Å². The molecule has 2 heteroatoms. The van der Waals surface area contributed by atoms with E-state index in [2.05, 4.69) is 46.9 Å². The van der Waals surface area contributed by atoms with Gasteiger partial charge in [-0.1, -0.05) is 41.5 Å². The first kappa shape index (κ1) is 14.3. The van der Waals surface area contributed by atoms with Gasteiger partial charge in [-0.3, -0.25) is 5.32 Å². The molecule has 1 aliphatic heterocycles. The minimum Gasteiger partial charge on any atom is -0.357 e. The predicted molar refractivity (Wildman–Crippen MR) is 76.5 cm³/mol. The van der Waals surface area contributed by atoms with Gasteiger partial charge in [-0.2, -0.15) is 0 Å². The van der Waals surface area contributed by atoms with Crippen molar-refractivity contribution in [3.8, 4) is 0 Å². The van der Waals surface area contributed by atoms with Crippen LogP contribution in [0.4, 0.5) is 0 Å². The van der Waals surface area contributed by atoms with Gasteiger partial charge in [-0.05, 0) is 37.0 Å². The van der Waals surface area contributed by atoms with Crippen molar-refractivity contribution in [2.45, 2.75) is 79.1 Å². The van der Waals surface area contributed by atoms with Crippen LogP contribution in [0.25, 0.3) is 0 Å². The van der Waals surface area contributed by atoms with Crippen LogP contribution < -0.4 is 5.32 Å². The van der Waals surface area contributed by atoms with E-state index >= 15 is 0 Å². The van der Waals surface area contributed by atoms with E-state index in [1.807, 2.05) is 0 Å². The molecule has 0 aromatic rings. The molecule has 1 aliphatic carbocycles. The highest BCUT2D eigenvalue weighted by molar-refractivity contribution is 4.98. The monoisotopic (exact) mass is 253 g/mol. The van der Waals surface area contributed by atoms with Crippen molar-refractivity contribution in [3.05, 3.63) is 0 Å². The lowest BCUT2D eigenvalue weighted by Crippen LogP contribution is -2.64. The maximum atomic E-state index is 6.62. The Kier molecular flexibility index (Phi) is 3.57. The van der Waals surface area contributed by atoms with E-state index in [1.165, 1.54) is 19.3 Å². The van der Waals surface area contributed by atoms with Crippen molar-refractivity contribution in [2.75, 3.05) is 6.54 Å². The molecular weight excluding hydrogens is 222 g/mol. The van der Waals surface area contributed by atoms with Gasteiger partial charge in [0.25, 0.3) is 0 Å². The normalized spacial score (nSPS) is 39.2. The average Bonchev–Trinajstić information content (AvgIpc) is 2.20. The van der Waals surface area contributed by atoms with Crippen molar-refractivity contribution < 1.29 is 4.74 Å². The Bertz CT molecular complexity index is 308. The molecule has 0 aromatic carbocycles. The standard InChI is InChI=1S/C16H31NO/c1-12(2)13-15(5,6)11-17-16(18-13)9-7-8-14(3,4)10-16/h12-13,17H,7-11H2,1-6H3. The van der Waals surface area contributed by atoms with E-state index in [0.717, 1.165) is 13.0 Å². The summed E-state index contributed by atoms with van der Waals surface area (Å²) in [5.74, 6) is 0.587. The first-order valence-corrected chi connectivity index (χ1v) is 7.59. The quantitative estimate of drug-likeness (QED) is 0.764. The third kappa shape index (κ3) is 2.75. The molecule has 1 spiro atoms. The van der Waals surface area contributed by atoms with Crippen molar-refractivity contribution in [1.29, 1.82) is 0 Å². The van der Waals surface area contributed by atoms with E-state index in [0.29, 0.717) is 17.4 Å². The molecule has 2 rings (SSSR count). The molecule has 0 amide bonds. The summed E-state index contributed by atoms with van der Waals surface area (Å²) in [6, 6.07) is 0. The highest BCUT2D eigenvalue weighted by Crippen LogP contribution is 2.46.